The molecular formula is C10H11NO5. The summed E-state index contributed by atoms with van der Waals surface area (Å²) in [5.41, 5.74) is 4.81. The van der Waals surface area contributed by atoms with E-state index in [1.54, 1.807) is 0 Å². The van der Waals surface area contributed by atoms with Gasteiger partial charge in [-0.1, -0.05) is 0 Å². The lowest BCUT2D eigenvalue weighted by atomic mass is 10.0. The topological polar surface area (TPSA) is 110 Å². The molecule has 0 bridgehead atoms. The number of nitrogens with two attached hydrogens (primary N) is 1. The predicted molar refractivity (Wildman–Crippen MR) is 54.5 cm³/mol. The fourth-order valence-electron chi connectivity index (χ4n) is 1.18. The Morgan fingerprint density at radius 2 is 1.81 bits per heavy atom. The van der Waals surface area contributed by atoms with Crippen LogP contribution in [0, 0.1) is 0 Å². The van der Waals surface area contributed by atoms with Gasteiger partial charge in [-0.2, -0.15) is 0 Å². The van der Waals surface area contributed by atoms with Crippen molar-refractivity contribution in [2.24, 2.45) is 5.73 Å². The number of carbonyl (C=O) groups excluding carboxylic acids is 2. The molecule has 0 unspecified atom stereocenters. The minimum atomic E-state index is -0.802. The van der Waals surface area contributed by atoms with Crippen LogP contribution in [0.2, 0.25) is 0 Å². The third-order valence-electron chi connectivity index (χ3n) is 2.01. The second-order valence-corrected chi connectivity index (χ2v) is 3.01. The number of ketones is 1. The van der Waals surface area contributed by atoms with Crippen LogP contribution in [-0.2, 0) is 4.74 Å². The summed E-state index contributed by atoms with van der Waals surface area (Å²) in [6.07, 6.45) is 0. The number of aromatic hydroxyl groups is 2. The number of Topliss-reactive ketones (excluding diaryl/α,β-unsaturated/α-hetero) is 1. The largest absolute Gasteiger partial charge is 0.507 e. The van der Waals surface area contributed by atoms with Gasteiger partial charge in [-0.25, -0.2) is 4.79 Å². The van der Waals surface area contributed by atoms with Crippen LogP contribution in [0.4, 0.5) is 0 Å². The number of hydrogen-bond donors (Lipinski definition) is 3. The Kier molecular flexibility index (Phi) is 3.47. The second kappa shape index (κ2) is 4.63. The lowest BCUT2D eigenvalue weighted by molar-refractivity contribution is 0.0597. The zero-order valence-electron chi connectivity index (χ0n) is 8.56. The molecule has 1 aromatic carbocycles. The number of ether oxygens (including phenoxy) is 1. The first-order chi connectivity index (χ1) is 7.51. The highest BCUT2D eigenvalue weighted by Gasteiger charge is 2.18. The summed E-state index contributed by atoms with van der Waals surface area (Å²) in [5.74, 6) is -2.23. The normalized spacial score (nSPS) is 9.88. The fraction of sp³-hybridized carbons (Fsp3) is 0.200. The molecule has 0 amide bonds. The lowest BCUT2D eigenvalue weighted by Crippen LogP contribution is -2.14. The van der Waals surface area contributed by atoms with E-state index in [1.165, 1.54) is 0 Å². The van der Waals surface area contributed by atoms with Crippen LogP contribution in [0.5, 0.6) is 11.5 Å². The van der Waals surface area contributed by atoms with Crippen LogP contribution >= 0.6 is 0 Å². The van der Waals surface area contributed by atoms with E-state index in [2.05, 4.69) is 4.74 Å². The number of rotatable bonds is 3. The number of carbonyl (C=O) groups is 2. The standard InChI is InChI=1S/C10H11NO5/c1-16-10(15)6-2-5(9(14)4-11)7(12)3-8(6)13/h2-3,12-13H,4,11H2,1H3. The van der Waals surface area contributed by atoms with E-state index >= 15 is 0 Å². The van der Waals surface area contributed by atoms with E-state index in [0.29, 0.717) is 0 Å². The summed E-state index contributed by atoms with van der Waals surface area (Å²) >= 11 is 0. The minimum absolute atomic E-state index is 0.124. The van der Waals surface area contributed by atoms with Gasteiger partial charge < -0.3 is 20.7 Å². The van der Waals surface area contributed by atoms with Crippen LogP contribution in [0.1, 0.15) is 20.7 Å². The Balaban J connectivity index is 3.32. The molecule has 0 fully saturated rings. The summed E-state index contributed by atoms with van der Waals surface area (Å²) in [6.45, 7) is -0.307. The highest BCUT2D eigenvalue weighted by molar-refractivity contribution is 6.03. The van der Waals surface area contributed by atoms with Crippen molar-refractivity contribution < 1.29 is 24.5 Å². The van der Waals surface area contributed by atoms with Crippen molar-refractivity contribution in [3.05, 3.63) is 23.3 Å². The van der Waals surface area contributed by atoms with Crippen molar-refractivity contribution in [1.29, 1.82) is 0 Å². The number of esters is 1. The Bertz CT molecular complexity index is 404. The van der Waals surface area contributed by atoms with E-state index in [1.807, 2.05) is 0 Å². The smallest absolute Gasteiger partial charge is 0.341 e. The molecule has 0 atom stereocenters. The van der Waals surface area contributed by atoms with Crippen LogP contribution in [0.3, 0.4) is 0 Å². The highest BCUT2D eigenvalue weighted by Crippen LogP contribution is 2.28. The number of methoxy groups -OCH3 is 1. The van der Waals surface area contributed by atoms with Crippen LogP contribution in [0.25, 0.3) is 0 Å². The van der Waals surface area contributed by atoms with E-state index < -0.39 is 23.3 Å². The molecule has 16 heavy (non-hydrogen) atoms. The van der Waals surface area contributed by atoms with Crippen molar-refractivity contribution in [2.45, 2.75) is 0 Å². The zero-order valence-corrected chi connectivity index (χ0v) is 8.56. The number of phenolic OH excluding ortho intramolecular Hbond substituents is 2. The third-order valence-corrected chi connectivity index (χ3v) is 2.01. The van der Waals surface area contributed by atoms with Crippen LogP contribution in [-0.4, -0.2) is 35.6 Å². The van der Waals surface area contributed by atoms with E-state index in [4.69, 9.17) is 5.73 Å². The van der Waals surface area contributed by atoms with Gasteiger partial charge in [0, 0.05) is 6.07 Å². The quantitative estimate of drug-likeness (QED) is 0.494. The van der Waals surface area contributed by atoms with Crippen LogP contribution < -0.4 is 5.73 Å². The molecule has 1 rings (SSSR count). The Labute approximate surface area is 91.3 Å². The Hall–Kier alpha value is -2.08. The molecule has 0 spiro atoms. The van der Waals surface area contributed by atoms with Crippen molar-refractivity contribution in [1.82, 2.24) is 0 Å². The van der Waals surface area contributed by atoms with Gasteiger partial charge in [-0.3, -0.25) is 4.79 Å². The van der Waals surface area contributed by atoms with Gasteiger partial charge in [0.05, 0.1) is 19.2 Å². The molecule has 4 N–H and O–H groups in total. The summed E-state index contributed by atoms with van der Waals surface area (Å²) < 4.78 is 4.40. The number of phenols is 2. The molecule has 86 valence electrons. The number of hydrogen-bond acceptors (Lipinski definition) is 6. The minimum Gasteiger partial charge on any atom is -0.507 e. The van der Waals surface area contributed by atoms with E-state index in [9.17, 15) is 19.8 Å². The van der Waals surface area contributed by atoms with E-state index in [0.717, 1.165) is 19.2 Å². The van der Waals surface area contributed by atoms with Gasteiger partial charge in [0.1, 0.15) is 17.1 Å². The fourth-order valence-corrected chi connectivity index (χ4v) is 1.18. The molecule has 0 aliphatic heterocycles. The lowest BCUT2D eigenvalue weighted by Gasteiger charge is -2.07. The van der Waals surface area contributed by atoms with Crippen molar-refractivity contribution in [3.8, 4) is 11.5 Å². The summed E-state index contributed by atoms with van der Waals surface area (Å²) in [7, 11) is 1.14. The highest BCUT2D eigenvalue weighted by atomic mass is 16.5. The summed E-state index contributed by atoms with van der Waals surface area (Å²) in [5, 5.41) is 18.8. The van der Waals surface area contributed by atoms with E-state index in [-0.39, 0.29) is 17.7 Å². The molecule has 0 aliphatic rings. The third kappa shape index (κ3) is 2.12. The molecule has 0 saturated carbocycles. The van der Waals surface area contributed by atoms with Gasteiger partial charge in [-0.15, -0.1) is 0 Å². The molecular weight excluding hydrogens is 214 g/mol. The average molecular weight is 225 g/mol. The van der Waals surface area contributed by atoms with Gasteiger partial charge in [-0.05, 0) is 6.07 Å². The first-order valence-corrected chi connectivity index (χ1v) is 4.38. The monoisotopic (exact) mass is 225 g/mol. The van der Waals surface area contributed by atoms with Crippen molar-refractivity contribution >= 4 is 11.8 Å². The van der Waals surface area contributed by atoms with Gasteiger partial charge >= 0.3 is 5.97 Å². The molecule has 0 aromatic heterocycles. The molecule has 1 aromatic rings. The van der Waals surface area contributed by atoms with Crippen LogP contribution in [0.15, 0.2) is 12.1 Å². The van der Waals surface area contributed by atoms with Gasteiger partial charge in [0.15, 0.2) is 5.78 Å². The Morgan fingerprint density at radius 1 is 1.25 bits per heavy atom. The zero-order chi connectivity index (χ0) is 12.3. The maximum Gasteiger partial charge on any atom is 0.341 e. The molecule has 0 heterocycles. The predicted octanol–water partition coefficient (Wildman–Crippen LogP) is 0.0258. The molecule has 6 heteroatoms. The van der Waals surface area contributed by atoms with Gasteiger partial charge in [0.25, 0.3) is 0 Å². The molecule has 0 saturated heterocycles. The van der Waals surface area contributed by atoms with Crippen molar-refractivity contribution in [2.75, 3.05) is 13.7 Å². The first kappa shape index (κ1) is 12.0. The first-order valence-electron chi connectivity index (χ1n) is 4.38. The molecule has 0 aliphatic carbocycles. The molecule has 6 nitrogen and oxygen atoms in total. The average Bonchev–Trinajstić information content (AvgIpc) is 2.27. The SMILES string of the molecule is COC(=O)c1cc(C(=O)CN)c(O)cc1O. The Morgan fingerprint density at radius 3 is 2.31 bits per heavy atom. The number of benzene rings is 1. The van der Waals surface area contributed by atoms with Gasteiger partial charge in [0.2, 0.25) is 0 Å². The van der Waals surface area contributed by atoms with Crippen molar-refractivity contribution in [3.63, 3.8) is 0 Å². The summed E-state index contributed by atoms with van der Waals surface area (Å²) in [6, 6.07) is 1.95. The maximum atomic E-state index is 11.3. The molecule has 0 radical (unpaired) electrons. The second-order valence-electron chi connectivity index (χ2n) is 3.01. The summed E-state index contributed by atoms with van der Waals surface area (Å²) in [4.78, 5) is 22.5. The maximum absolute atomic E-state index is 11.3.